The number of amides is 1. The Labute approximate surface area is 199 Å². The lowest BCUT2D eigenvalue weighted by atomic mass is 10.2. The second-order valence-corrected chi connectivity index (χ2v) is 8.52. The largest absolute Gasteiger partial charge is 0.460 e. The number of hydrogen-bond donors (Lipinski definition) is 0. The van der Waals surface area contributed by atoms with Crippen LogP contribution in [0, 0.1) is 0 Å². The van der Waals surface area contributed by atoms with Crippen molar-refractivity contribution in [3.05, 3.63) is 54.4 Å². The summed E-state index contributed by atoms with van der Waals surface area (Å²) in [7, 11) is 5.15. The van der Waals surface area contributed by atoms with E-state index in [0.29, 0.717) is 18.7 Å². The highest BCUT2D eigenvalue weighted by Crippen LogP contribution is 2.24. The van der Waals surface area contributed by atoms with Crippen LogP contribution >= 0.6 is 0 Å². The van der Waals surface area contributed by atoms with Crippen LogP contribution in [0.2, 0.25) is 0 Å². The van der Waals surface area contributed by atoms with E-state index in [1.54, 1.807) is 44.6 Å². The first-order chi connectivity index (χ1) is 16.5. The number of benzene rings is 2. The summed E-state index contributed by atoms with van der Waals surface area (Å²) in [4.78, 5) is 34.9. The molecule has 0 unspecified atom stereocenters. The number of likely N-dealkylation sites (N-methyl/N-ethyl adjacent to an activating group) is 1. The molecule has 0 bridgehead atoms. The minimum Gasteiger partial charge on any atom is -0.460 e. The lowest BCUT2D eigenvalue weighted by Crippen LogP contribution is -2.49. The van der Waals surface area contributed by atoms with Crippen molar-refractivity contribution in [3.8, 4) is 5.69 Å². The van der Waals surface area contributed by atoms with Crippen LogP contribution in [0.5, 0.6) is 0 Å². The van der Waals surface area contributed by atoms with Crippen molar-refractivity contribution in [2.24, 2.45) is 0 Å². The fourth-order valence-electron chi connectivity index (χ4n) is 3.98. The average Bonchev–Trinajstić information content (AvgIpc) is 3.28. The number of carbonyl (C=O) groups excluding carboxylic acids is 2. The Hall–Kier alpha value is -3.43. The van der Waals surface area contributed by atoms with Crippen LogP contribution in [0.15, 0.2) is 48.8 Å². The summed E-state index contributed by atoms with van der Waals surface area (Å²) in [6.45, 7) is 4.47. The van der Waals surface area contributed by atoms with Crippen molar-refractivity contribution in [2.75, 3.05) is 72.0 Å². The van der Waals surface area contributed by atoms with Crippen molar-refractivity contribution in [1.29, 1.82) is 0 Å². The maximum absolute atomic E-state index is 12.2. The van der Waals surface area contributed by atoms with Crippen LogP contribution in [0.3, 0.4) is 0 Å². The molecule has 0 atom stereocenters. The maximum Gasteiger partial charge on any atom is 0.338 e. The summed E-state index contributed by atoms with van der Waals surface area (Å²) in [5.41, 5.74) is 4.24. The summed E-state index contributed by atoms with van der Waals surface area (Å²) in [5.74, 6) is -0.254. The lowest BCUT2D eigenvalue weighted by Gasteiger charge is -2.36. The van der Waals surface area contributed by atoms with Crippen molar-refractivity contribution in [1.82, 2.24) is 19.4 Å². The van der Waals surface area contributed by atoms with Crippen LogP contribution in [-0.2, 0) is 14.3 Å². The van der Waals surface area contributed by atoms with Gasteiger partial charge in [-0.1, -0.05) is 6.07 Å². The van der Waals surface area contributed by atoms with Crippen LogP contribution in [0.4, 0.5) is 5.69 Å². The average molecular weight is 466 g/mol. The third kappa shape index (κ3) is 5.37. The van der Waals surface area contributed by atoms with Crippen molar-refractivity contribution >= 4 is 28.6 Å². The Balaban J connectivity index is 1.46. The molecule has 4 rings (SSSR count). The van der Waals surface area contributed by atoms with Crippen LogP contribution < -0.4 is 4.90 Å². The molecule has 1 saturated heterocycles. The fraction of sp³-hybridized carbons (Fsp3) is 0.400. The molecule has 1 aromatic heterocycles. The van der Waals surface area contributed by atoms with Crippen LogP contribution in [0.25, 0.3) is 16.7 Å². The Morgan fingerprint density at radius 1 is 1.00 bits per heavy atom. The zero-order valence-electron chi connectivity index (χ0n) is 19.9. The Kier molecular flexibility index (Phi) is 7.44. The summed E-state index contributed by atoms with van der Waals surface area (Å²) in [6.07, 6.45) is 1.77. The smallest absolute Gasteiger partial charge is 0.338 e. The van der Waals surface area contributed by atoms with Gasteiger partial charge in [0.25, 0.3) is 0 Å². The highest BCUT2D eigenvalue weighted by Gasteiger charge is 2.20. The Morgan fingerprint density at radius 3 is 2.50 bits per heavy atom. The minimum atomic E-state index is -0.387. The minimum absolute atomic E-state index is 0.133. The molecular formula is C25H31N5O4. The zero-order valence-corrected chi connectivity index (χ0v) is 19.9. The zero-order chi connectivity index (χ0) is 24.1. The van der Waals surface area contributed by atoms with Crippen LogP contribution in [-0.4, -0.2) is 98.4 Å². The van der Waals surface area contributed by atoms with E-state index in [0.717, 1.165) is 48.6 Å². The van der Waals surface area contributed by atoms with E-state index in [-0.39, 0.29) is 18.5 Å². The van der Waals surface area contributed by atoms with Gasteiger partial charge in [-0.2, -0.15) is 0 Å². The molecule has 1 fully saturated rings. The standard InChI is InChI=1S/C25H31N5O4/c1-27(2)24(31)17-28-9-11-29(12-10-28)20-5-4-6-21(16-20)30-18-26-22-15-19(7-8-23(22)30)25(32)34-14-13-33-3/h4-8,15-16,18H,9-14,17H2,1-3H3. The van der Waals surface area contributed by atoms with Gasteiger partial charge in [0, 0.05) is 58.8 Å². The fourth-order valence-corrected chi connectivity index (χ4v) is 3.98. The third-order valence-electron chi connectivity index (χ3n) is 6.01. The van der Waals surface area contributed by atoms with Gasteiger partial charge in [-0.3, -0.25) is 14.3 Å². The topological polar surface area (TPSA) is 80.1 Å². The number of nitrogens with zero attached hydrogens (tertiary/aromatic N) is 5. The lowest BCUT2D eigenvalue weighted by molar-refractivity contribution is -0.129. The van der Waals surface area contributed by atoms with Gasteiger partial charge >= 0.3 is 5.97 Å². The van der Waals surface area contributed by atoms with Crippen LogP contribution in [0.1, 0.15) is 10.4 Å². The van der Waals surface area contributed by atoms with Crippen molar-refractivity contribution in [2.45, 2.75) is 0 Å². The third-order valence-corrected chi connectivity index (χ3v) is 6.01. The number of piperazine rings is 1. The quantitative estimate of drug-likeness (QED) is 0.372. The van der Waals surface area contributed by atoms with E-state index in [2.05, 4.69) is 26.9 Å². The summed E-state index contributed by atoms with van der Waals surface area (Å²) in [5, 5.41) is 0. The van der Waals surface area contributed by atoms with E-state index in [1.165, 1.54) is 0 Å². The van der Waals surface area contributed by atoms with Gasteiger partial charge in [-0.25, -0.2) is 9.78 Å². The number of fused-ring (bicyclic) bond motifs is 1. The number of carbonyl (C=O) groups is 2. The van der Waals surface area contributed by atoms with E-state index < -0.39 is 0 Å². The molecule has 0 saturated carbocycles. The highest BCUT2D eigenvalue weighted by molar-refractivity contribution is 5.94. The number of aromatic nitrogens is 2. The second-order valence-electron chi connectivity index (χ2n) is 8.52. The summed E-state index contributed by atoms with van der Waals surface area (Å²) >= 11 is 0. The van der Waals surface area contributed by atoms with E-state index in [4.69, 9.17) is 9.47 Å². The Morgan fingerprint density at radius 2 is 1.76 bits per heavy atom. The number of methoxy groups -OCH3 is 1. The van der Waals surface area contributed by atoms with Gasteiger partial charge in [-0.05, 0) is 36.4 Å². The SMILES string of the molecule is COCCOC(=O)c1ccc2c(c1)ncn2-c1cccc(N2CCN(CC(=O)N(C)C)CC2)c1. The number of imidazole rings is 1. The van der Waals surface area contributed by atoms with Crippen molar-refractivity contribution < 1.29 is 19.1 Å². The first-order valence-corrected chi connectivity index (χ1v) is 11.4. The van der Waals surface area contributed by atoms with Gasteiger partial charge in [0.1, 0.15) is 12.9 Å². The molecule has 0 radical (unpaired) electrons. The summed E-state index contributed by atoms with van der Waals surface area (Å²) < 4.78 is 12.1. The first-order valence-electron chi connectivity index (χ1n) is 11.4. The predicted molar refractivity (Wildman–Crippen MR) is 131 cm³/mol. The van der Waals surface area contributed by atoms with Crippen molar-refractivity contribution in [3.63, 3.8) is 0 Å². The first kappa shape index (κ1) is 23.7. The Bertz CT molecular complexity index is 1150. The predicted octanol–water partition coefficient (Wildman–Crippen LogP) is 2.04. The second kappa shape index (κ2) is 10.7. The molecule has 9 heteroatoms. The van der Waals surface area contributed by atoms with E-state index >= 15 is 0 Å². The van der Waals surface area contributed by atoms with Gasteiger partial charge in [0.05, 0.1) is 29.7 Å². The molecule has 34 heavy (non-hydrogen) atoms. The molecule has 1 aliphatic rings. The molecule has 1 aliphatic heterocycles. The number of hydrogen-bond acceptors (Lipinski definition) is 7. The monoisotopic (exact) mass is 465 g/mol. The summed E-state index contributed by atoms with van der Waals surface area (Å²) in [6, 6.07) is 13.7. The molecule has 180 valence electrons. The van der Waals surface area contributed by atoms with Gasteiger partial charge in [-0.15, -0.1) is 0 Å². The van der Waals surface area contributed by atoms with E-state index in [1.807, 2.05) is 22.8 Å². The van der Waals surface area contributed by atoms with Gasteiger partial charge in [0.2, 0.25) is 5.91 Å². The normalized spacial score (nSPS) is 14.4. The molecule has 2 aromatic carbocycles. The van der Waals surface area contributed by atoms with E-state index in [9.17, 15) is 9.59 Å². The molecular weight excluding hydrogens is 434 g/mol. The molecule has 0 spiro atoms. The molecule has 2 heterocycles. The molecule has 1 amide bonds. The molecule has 3 aromatic rings. The number of anilines is 1. The maximum atomic E-state index is 12.2. The number of esters is 1. The van der Waals surface area contributed by atoms with Gasteiger partial charge in [0.15, 0.2) is 0 Å². The molecule has 0 N–H and O–H groups in total. The molecule has 0 aliphatic carbocycles. The highest BCUT2D eigenvalue weighted by atomic mass is 16.6. The number of rotatable bonds is 8. The van der Waals surface area contributed by atoms with Gasteiger partial charge < -0.3 is 19.3 Å². The number of ether oxygens (including phenoxy) is 2. The molecule has 9 nitrogen and oxygen atoms in total.